The van der Waals surface area contributed by atoms with Crippen LogP contribution >= 0.6 is 43.5 Å². The van der Waals surface area contributed by atoms with Gasteiger partial charge in [-0.15, -0.1) is 0 Å². The van der Waals surface area contributed by atoms with Gasteiger partial charge in [-0.05, 0) is 217 Å². The summed E-state index contributed by atoms with van der Waals surface area (Å²) >= 11 is 12.0. The highest BCUT2D eigenvalue weighted by atomic mass is 79.9. The van der Waals surface area contributed by atoms with Gasteiger partial charge in [0.15, 0.2) is 34.9 Å². The number of pyridine rings is 1. The summed E-state index contributed by atoms with van der Waals surface area (Å²) in [6.45, 7) is 0. The van der Waals surface area contributed by atoms with Crippen molar-refractivity contribution in [3.63, 3.8) is 0 Å². The average molecular weight is 1730 g/mol. The molecule has 0 fully saturated rings. The number of rotatable bonds is 13. The van der Waals surface area contributed by atoms with Crippen LogP contribution in [0.15, 0.2) is 440 Å². The van der Waals surface area contributed by atoms with Gasteiger partial charge in [0, 0.05) is 60.3 Å². The quantitative estimate of drug-likeness (QED) is 0.104. The van der Waals surface area contributed by atoms with E-state index in [2.05, 4.69) is 370 Å². The van der Waals surface area contributed by atoms with Crippen molar-refractivity contribution < 1.29 is 4.79 Å². The number of halogens is 3. The normalized spacial score (nSPS) is 10.9. The zero-order chi connectivity index (χ0) is 83.4. The third-order valence-electron chi connectivity index (χ3n) is 21.6. The average Bonchev–Trinajstić information content (AvgIpc) is 0.792. The minimum Gasteiger partial charge on any atom is -0.276 e. The Morgan fingerprint density at radius 1 is 0.228 bits per heavy atom. The van der Waals surface area contributed by atoms with Crippen molar-refractivity contribution in [2.75, 3.05) is 0 Å². The smallest absolute Gasteiger partial charge is 0.252 e. The Balaban J connectivity index is 0.000000128. The molecule has 12 heteroatoms. The molecule has 0 atom stereocenters. The highest BCUT2D eigenvalue weighted by Gasteiger charge is 2.18. The summed E-state index contributed by atoms with van der Waals surface area (Å²) in [5, 5.41) is 20.7. The summed E-state index contributed by atoms with van der Waals surface area (Å²) < 4.78 is 1.95. The lowest BCUT2D eigenvalue weighted by Gasteiger charge is -2.11. The molecule has 9 nitrogen and oxygen atoms in total. The molecule has 123 heavy (non-hydrogen) atoms. The van der Waals surface area contributed by atoms with Crippen LogP contribution in [0.4, 0.5) is 0 Å². The summed E-state index contributed by atoms with van der Waals surface area (Å²) in [6.07, 6.45) is 3.66. The first-order valence-corrected chi connectivity index (χ1v) is 42.1. The third kappa shape index (κ3) is 18.7. The van der Waals surface area contributed by atoms with Crippen molar-refractivity contribution >= 4 is 103 Å². The van der Waals surface area contributed by atoms with E-state index >= 15 is 0 Å². The summed E-state index contributed by atoms with van der Waals surface area (Å²) in [6, 6.07) is 146. The molecule has 0 bridgehead atoms. The summed E-state index contributed by atoms with van der Waals surface area (Å²) in [7, 11) is 0. The molecule has 0 aliphatic heterocycles. The molecule has 3 aromatic heterocycles. The van der Waals surface area contributed by atoms with Gasteiger partial charge in [0.25, 0.3) is 5.24 Å². The summed E-state index contributed by atoms with van der Waals surface area (Å²) in [5.74, 6) is 3.80. The van der Waals surface area contributed by atoms with Crippen LogP contribution in [0, 0.1) is 11.3 Å². The second-order valence-corrected chi connectivity index (χ2v) is 31.7. The first-order valence-electron chi connectivity index (χ1n) is 40.1. The molecule has 0 saturated heterocycles. The Kier molecular flexibility index (Phi) is 23.5. The van der Waals surface area contributed by atoms with Gasteiger partial charge in [0.1, 0.15) is 0 Å². The zero-order valence-corrected chi connectivity index (χ0v) is 70.0. The number of carbonyl (C=O) groups is 1. The van der Waals surface area contributed by atoms with Crippen LogP contribution in [0.5, 0.6) is 0 Å². The first-order chi connectivity index (χ1) is 60.5. The maximum absolute atomic E-state index is 10.5. The first kappa shape index (κ1) is 79.0. The van der Waals surface area contributed by atoms with Gasteiger partial charge in [-0.2, -0.15) is 5.26 Å². The molecular formula is C111H71Br2ClN8O. The molecule has 0 N–H and O–H groups in total. The fourth-order valence-corrected chi connectivity index (χ4v) is 15.5. The van der Waals surface area contributed by atoms with Crippen LogP contribution in [-0.4, -0.2) is 40.1 Å². The minimum atomic E-state index is -0.424. The van der Waals surface area contributed by atoms with E-state index in [0.29, 0.717) is 46.1 Å². The van der Waals surface area contributed by atoms with E-state index in [4.69, 9.17) is 46.8 Å². The molecule has 21 aromatic rings. The van der Waals surface area contributed by atoms with E-state index in [0.717, 1.165) is 81.3 Å². The fourth-order valence-electron chi connectivity index (χ4n) is 14.9. The fraction of sp³-hybridized carbons (Fsp3) is 0. The van der Waals surface area contributed by atoms with Crippen LogP contribution in [0.2, 0.25) is 0 Å². The molecule has 0 spiro atoms. The van der Waals surface area contributed by atoms with Crippen molar-refractivity contribution in [3.8, 4) is 141 Å². The Hall–Kier alpha value is -15.2. The van der Waals surface area contributed by atoms with Crippen molar-refractivity contribution in [2.24, 2.45) is 0 Å². The molecule has 0 aliphatic carbocycles. The van der Waals surface area contributed by atoms with Gasteiger partial charge < -0.3 is 0 Å². The van der Waals surface area contributed by atoms with E-state index in [1.165, 1.54) is 81.7 Å². The second kappa shape index (κ2) is 36.6. The van der Waals surface area contributed by atoms with Crippen LogP contribution < -0.4 is 0 Å². The Labute approximate surface area is 734 Å². The van der Waals surface area contributed by atoms with E-state index in [-0.39, 0.29) is 0 Å². The molecule has 0 saturated carbocycles. The SMILES string of the molecule is Brc1ccc(-c2nc(-c3ccc(-c4ccc5ccccc5c4)cc3)nc(-c3ccc(-c4ccc5ccccc5c4)cc3)n2)cc1.N#Cc1ccc(-c2ccc3ccccc3c2)cc1.O=C(Cl)c1ccc(Br)cc1.c1cncc(-c2ccc(-c3nc(-c4ccc(-c5ccc6ccccc6c5)cc4)nc(-c4ccc(-c5ccc6ccccc6c5)cc4)n3)cc2)c1. The number of carbonyl (C=O) groups excluding carboxylic acids is 1. The molecule has 18 aromatic carbocycles. The number of fused-ring (bicyclic) bond motifs is 5. The number of hydrogen-bond acceptors (Lipinski definition) is 9. The zero-order valence-electron chi connectivity index (χ0n) is 66.1. The molecule has 0 amide bonds. The van der Waals surface area contributed by atoms with Crippen LogP contribution in [0.1, 0.15) is 15.9 Å². The molecule has 21 rings (SSSR count). The second-order valence-electron chi connectivity index (χ2n) is 29.5. The van der Waals surface area contributed by atoms with Gasteiger partial charge in [-0.25, -0.2) is 29.9 Å². The van der Waals surface area contributed by atoms with Gasteiger partial charge in [0.2, 0.25) is 0 Å². The number of hydrogen-bond donors (Lipinski definition) is 0. The van der Waals surface area contributed by atoms with Crippen LogP contribution in [0.3, 0.4) is 0 Å². The lowest BCUT2D eigenvalue weighted by atomic mass is 10.00. The van der Waals surface area contributed by atoms with Crippen LogP contribution in [0.25, 0.3) is 189 Å². The van der Waals surface area contributed by atoms with E-state index in [1.54, 1.807) is 30.5 Å². The van der Waals surface area contributed by atoms with Gasteiger partial charge in [0.05, 0.1) is 11.6 Å². The molecule has 0 unspecified atom stereocenters. The summed E-state index contributed by atoms with van der Waals surface area (Å²) in [4.78, 5) is 44.6. The Bertz CT molecular complexity index is 7160. The van der Waals surface area contributed by atoms with Crippen molar-refractivity contribution in [1.82, 2.24) is 34.9 Å². The lowest BCUT2D eigenvalue weighted by molar-refractivity contribution is 0.108. The lowest BCUT2D eigenvalue weighted by Crippen LogP contribution is -2.00. The predicted octanol–water partition coefficient (Wildman–Crippen LogP) is 30.1. The van der Waals surface area contributed by atoms with Crippen molar-refractivity contribution in [3.05, 3.63) is 451 Å². The van der Waals surface area contributed by atoms with Gasteiger partial charge in [-0.3, -0.25) is 9.78 Å². The van der Waals surface area contributed by atoms with Crippen molar-refractivity contribution in [2.45, 2.75) is 0 Å². The number of nitrogens with zero attached hydrogens (tertiary/aromatic N) is 8. The topological polar surface area (TPSA) is 131 Å². The Morgan fingerprint density at radius 2 is 0.439 bits per heavy atom. The monoisotopic (exact) mass is 1720 g/mol. The molecule has 582 valence electrons. The standard InChI is InChI=1S/C46H30N4.C41H26BrN3.C17H11N.C7H4BrClO/c1-3-8-39-28-41(25-17-31(39)6-1)33-11-19-36(20-12-33)44-48-45(50-46(49-44)38-23-15-35(16-24-38)43-10-5-27-47-30-43)37-21-13-34(14-22-37)42-26-18-32-7-2-4-9-40(32)29-42;42-38-23-21-33(22-24-38)41-44-39(31-15-9-29(10-16-31)36-19-13-27-5-1-3-7-34(27)25-36)43-40(45-41)32-17-11-30(12-18-32)37-20-14-28-6-2-4-8-35(28)26-37;18-12-13-5-7-15(8-6-13)17-10-9-14-3-1-2-4-16(14)11-17;8-6-3-1-5(2-4-6)7(9)10/h1-30H;1-26H;1-11H;1-4H. The maximum atomic E-state index is 10.5. The van der Waals surface area contributed by atoms with E-state index in [9.17, 15) is 4.79 Å². The summed E-state index contributed by atoms with van der Waals surface area (Å²) in [5.41, 5.74) is 20.6. The maximum Gasteiger partial charge on any atom is 0.252 e. The van der Waals surface area contributed by atoms with Crippen LogP contribution in [-0.2, 0) is 0 Å². The van der Waals surface area contributed by atoms with E-state index in [1.807, 2.05) is 72.9 Å². The highest BCUT2D eigenvalue weighted by Crippen LogP contribution is 2.36. The Morgan fingerprint density at radius 3 is 0.675 bits per heavy atom. The number of benzene rings is 18. The molecule has 0 radical (unpaired) electrons. The largest absolute Gasteiger partial charge is 0.276 e. The van der Waals surface area contributed by atoms with Gasteiger partial charge in [-0.1, -0.05) is 366 Å². The number of nitriles is 1. The van der Waals surface area contributed by atoms with E-state index < -0.39 is 5.24 Å². The third-order valence-corrected chi connectivity index (χ3v) is 22.9. The number of aromatic nitrogens is 7. The molecular weight excluding hydrogens is 1660 g/mol. The van der Waals surface area contributed by atoms with Gasteiger partial charge >= 0.3 is 0 Å². The molecule has 3 heterocycles. The minimum absolute atomic E-state index is 0.424. The predicted molar refractivity (Wildman–Crippen MR) is 513 cm³/mol. The van der Waals surface area contributed by atoms with Crippen molar-refractivity contribution in [1.29, 1.82) is 5.26 Å². The molecule has 0 aliphatic rings. The highest BCUT2D eigenvalue weighted by molar-refractivity contribution is 9.10.